The van der Waals surface area contributed by atoms with Crippen LogP contribution in [0.1, 0.15) is 6.42 Å². The highest BCUT2D eigenvalue weighted by atomic mass is 79.9. The fourth-order valence-corrected chi connectivity index (χ4v) is 2.69. The summed E-state index contributed by atoms with van der Waals surface area (Å²) in [7, 11) is 0. The Morgan fingerprint density at radius 3 is 2.67 bits per heavy atom. The van der Waals surface area contributed by atoms with Crippen LogP contribution in [0.5, 0.6) is 5.75 Å². The SMILES string of the molecule is C=CC(=O)OCC(Cl)CC(Br)C(=O)Oc1ccccc1Br. The molecule has 0 heterocycles. The normalized spacial score (nSPS) is 13.1. The summed E-state index contributed by atoms with van der Waals surface area (Å²) in [6, 6.07) is 7.02. The Hall–Kier alpha value is -0.850. The van der Waals surface area contributed by atoms with Crippen LogP contribution in [0.2, 0.25) is 0 Å². The van der Waals surface area contributed by atoms with Crippen molar-refractivity contribution in [1.29, 1.82) is 0 Å². The molecule has 0 saturated heterocycles. The minimum Gasteiger partial charge on any atom is -0.461 e. The van der Waals surface area contributed by atoms with Crippen molar-refractivity contribution in [1.82, 2.24) is 0 Å². The number of ether oxygens (including phenoxy) is 2. The predicted octanol–water partition coefficient (Wildman–Crippen LogP) is 3.84. The molecule has 0 spiro atoms. The van der Waals surface area contributed by atoms with E-state index in [0.717, 1.165) is 6.08 Å². The number of benzene rings is 1. The van der Waals surface area contributed by atoms with E-state index in [2.05, 4.69) is 38.4 Å². The first-order valence-corrected chi connectivity index (χ1v) is 8.12. The summed E-state index contributed by atoms with van der Waals surface area (Å²) in [5.74, 6) is -0.596. The highest BCUT2D eigenvalue weighted by Gasteiger charge is 2.22. The van der Waals surface area contributed by atoms with Crippen molar-refractivity contribution >= 4 is 55.4 Å². The maximum atomic E-state index is 11.9. The second-order valence-corrected chi connectivity index (χ2v) is 6.56. The number of halogens is 3. The summed E-state index contributed by atoms with van der Waals surface area (Å²) >= 11 is 12.5. The van der Waals surface area contributed by atoms with Gasteiger partial charge in [0.05, 0.1) is 9.85 Å². The van der Waals surface area contributed by atoms with Gasteiger partial charge in [-0.05, 0) is 34.5 Å². The smallest absolute Gasteiger partial charge is 0.330 e. The fraction of sp³-hybridized carbons (Fsp3) is 0.286. The van der Waals surface area contributed by atoms with Gasteiger partial charge in [-0.25, -0.2) is 4.79 Å². The lowest BCUT2D eigenvalue weighted by Gasteiger charge is -2.14. The predicted molar refractivity (Wildman–Crippen MR) is 87.9 cm³/mol. The maximum absolute atomic E-state index is 11.9. The molecule has 1 aromatic rings. The van der Waals surface area contributed by atoms with Crippen LogP contribution in [-0.2, 0) is 14.3 Å². The Morgan fingerprint density at radius 1 is 1.38 bits per heavy atom. The van der Waals surface area contributed by atoms with Gasteiger partial charge in [0, 0.05) is 6.08 Å². The molecular formula is C14H13Br2ClO4. The topological polar surface area (TPSA) is 52.6 Å². The average Bonchev–Trinajstić information content (AvgIpc) is 2.46. The van der Waals surface area contributed by atoms with Crippen LogP contribution in [0.25, 0.3) is 0 Å². The molecule has 2 atom stereocenters. The van der Waals surface area contributed by atoms with Crippen molar-refractivity contribution in [3.63, 3.8) is 0 Å². The van der Waals surface area contributed by atoms with Gasteiger partial charge >= 0.3 is 11.9 Å². The summed E-state index contributed by atoms with van der Waals surface area (Å²) in [5.41, 5.74) is 0. The maximum Gasteiger partial charge on any atom is 0.330 e. The minimum atomic E-state index is -0.602. The highest BCUT2D eigenvalue weighted by molar-refractivity contribution is 9.10. The minimum absolute atomic E-state index is 0.00315. The van der Waals surface area contributed by atoms with E-state index in [1.165, 1.54) is 0 Å². The molecule has 0 saturated carbocycles. The van der Waals surface area contributed by atoms with Crippen LogP contribution >= 0.6 is 43.5 Å². The van der Waals surface area contributed by atoms with Crippen molar-refractivity contribution in [2.24, 2.45) is 0 Å². The molecule has 21 heavy (non-hydrogen) atoms. The Labute approximate surface area is 144 Å². The van der Waals surface area contributed by atoms with Gasteiger partial charge in [0.25, 0.3) is 0 Å². The molecule has 0 aromatic heterocycles. The number of rotatable bonds is 7. The first-order chi connectivity index (χ1) is 9.93. The summed E-state index contributed by atoms with van der Waals surface area (Å²) in [5, 5.41) is -0.509. The van der Waals surface area contributed by atoms with Gasteiger partial charge in [-0.3, -0.25) is 4.79 Å². The molecule has 114 valence electrons. The van der Waals surface area contributed by atoms with Gasteiger partial charge in [0.1, 0.15) is 17.2 Å². The van der Waals surface area contributed by atoms with E-state index in [-0.39, 0.29) is 13.0 Å². The molecule has 0 fully saturated rings. The molecule has 1 aromatic carbocycles. The first-order valence-electron chi connectivity index (χ1n) is 5.97. The molecule has 0 radical (unpaired) electrons. The van der Waals surface area contributed by atoms with Crippen molar-refractivity contribution in [3.8, 4) is 5.75 Å². The summed E-state index contributed by atoms with van der Waals surface area (Å²) < 4.78 is 10.7. The monoisotopic (exact) mass is 438 g/mol. The van der Waals surface area contributed by atoms with Crippen LogP contribution in [0.4, 0.5) is 0 Å². The van der Waals surface area contributed by atoms with Gasteiger partial charge in [-0.15, -0.1) is 11.6 Å². The van der Waals surface area contributed by atoms with Gasteiger partial charge in [0.2, 0.25) is 0 Å². The molecule has 1 rings (SSSR count). The number of hydrogen-bond acceptors (Lipinski definition) is 4. The quantitative estimate of drug-likeness (QED) is 0.280. The Bertz CT molecular complexity index is 521. The van der Waals surface area contributed by atoms with Gasteiger partial charge in [-0.1, -0.05) is 34.6 Å². The largest absolute Gasteiger partial charge is 0.461 e. The summed E-state index contributed by atoms with van der Waals surface area (Å²) in [6.07, 6.45) is 1.31. The molecule has 2 unspecified atom stereocenters. The standard InChI is InChI=1S/C14H13Br2ClO4/c1-2-13(18)20-8-9(17)7-11(16)14(19)21-12-6-4-3-5-10(12)15/h2-6,9,11H,1,7-8H2. The third-order valence-corrected chi connectivity index (χ3v) is 4.05. The third-order valence-electron chi connectivity index (χ3n) is 2.34. The highest BCUT2D eigenvalue weighted by Crippen LogP contribution is 2.25. The van der Waals surface area contributed by atoms with Crippen molar-refractivity contribution in [2.75, 3.05) is 6.61 Å². The number of carbonyl (C=O) groups is 2. The van der Waals surface area contributed by atoms with Gasteiger partial charge in [0.15, 0.2) is 0 Å². The number of carbonyl (C=O) groups excluding carboxylic acids is 2. The Balaban J connectivity index is 2.45. The molecular weight excluding hydrogens is 427 g/mol. The third kappa shape index (κ3) is 6.63. The zero-order chi connectivity index (χ0) is 15.8. The summed E-state index contributed by atoms with van der Waals surface area (Å²) in [4.78, 5) is 22.2. The number of para-hydroxylation sites is 1. The molecule has 0 bridgehead atoms. The molecule has 7 heteroatoms. The number of esters is 2. The van der Waals surface area contributed by atoms with Crippen LogP contribution in [0, 0.1) is 0 Å². The molecule has 0 aliphatic rings. The van der Waals surface area contributed by atoms with E-state index in [0.29, 0.717) is 10.2 Å². The van der Waals surface area contributed by atoms with Crippen molar-refractivity contribution < 1.29 is 19.1 Å². The molecule has 0 aliphatic heterocycles. The van der Waals surface area contributed by atoms with Crippen LogP contribution in [-0.4, -0.2) is 28.7 Å². The number of hydrogen-bond donors (Lipinski definition) is 0. The average molecular weight is 441 g/mol. The van der Waals surface area contributed by atoms with E-state index in [9.17, 15) is 9.59 Å². The van der Waals surface area contributed by atoms with Gasteiger partial charge in [-0.2, -0.15) is 0 Å². The number of alkyl halides is 2. The van der Waals surface area contributed by atoms with E-state index < -0.39 is 22.1 Å². The molecule has 0 amide bonds. The van der Waals surface area contributed by atoms with Crippen molar-refractivity contribution in [3.05, 3.63) is 41.4 Å². The Morgan fingerprint density at radius 2 is 2.05 bits per heavy atom. The van der Waals surface area contributed by atoms with Crippen LogP contribution in [0.15, 0.2) is 41.4 Å². The van der Waals surface area contributed by atoms with E-state index >= 15 is 0 Å². The lowest BCUT2D eigenvalue weighted by Crippen LogP contribution is -2.25. The second kappa shape index (κ2) is 9.23. The van der Waals surface area contributed by atoms with Crippen LogP contribution in [0.3, 0.4) is 0 Å². The lowest BCUT2D eigenvalue weighted by molar-refractivity contribution is -0.137. The molecule has 0 N–H and O–H groups in total. The fourth-order valence-electron chi connectivity index (χ4n) is 1.32. The van der Waals surface area contributed by atoms with Gasteiger partial charge < -0.3 is 9.47 Å². The van der Waals surface area contributed by atoms with Crippen LogP contribution < -0.4 is 4.74 Å². The second-order valence-electron chi connectivity index (χ2n) is 3.99. The lowest BCUT2D eigenvalue weighted by atomic mass is 10.2. The van der Waals surface area contributed by atoms with E-state index in [1.807, 2.05) is 6.07 Å². The van der Waals surface area contributed by atoms with E-state index in [1.54, 1.807) is 18.2 Å². The molecule has 0 aliphatic carbocycles. The zero-order valence-electron chi connectivity index (χ0n) is 10.9. The zero-order valence-corrected chi connectivity index (χ0v) is 14.9. The van der Waals surface area contributed by atoms with E-state index in [4.69, 9.17) is 21.1 Å². The van der Waals surface area contributed by atoms with Crippen molar-refractivity contribution in [2.45, 2.75) is 16.6 Å². The Kier molecular flexibility index (Phi) is 8.00. The molecule has 4 nitrogen and oxygen atoms in total. The first kappa shape index (κ1) is 18.2. The summed E-state index contributed by atoms with van der Waals surface area (Å²) in [6.45, 7) is 3.27.